The third-order valence-electron chi connectivity index (χ3n) is 3.32. The van der Waals surface area contributed by atoms with Gasteiger partial charge in [0, 0.05) is 24.3 Å². The Bertz CT molecular complexity index is 549. The summed E-state index contributed by atoms with van der Waals surface area (Å²) in [4.78, 5) is 6.59. The van der Waals surface area contributed by atoms with Crippen LogP contribution in [-0.2, 0) is 6.42 Å². The zero-order valence-corrected chi connectivity index (χ0v) is 13.2. The summed E-state index contributed by atoms with van der Waals surface area (Å²) in [5.74, 6) is 1.01. The van der Waals surface area contributed by atoms with E-state index in [1.165, 1.54) is 16.7 Å². The molecule has 2 rings (SSSR count). The van der Waals surface area contributed by atoms with Gasteiger partial charge in [-0.3, -0.25) is 0 Å². The quantitative estimate of drug-likeness (QED) is 0.842. The standard InChI is InChI=1S/C16H19BrN2/c1-12-4-5-14(13(2)10-12)8-9-19(3)16-7-6-15(17)11-18-16/h4-7,10-11H,8-9H2,1-3H3. The number of anilines is 1. The van der Waals surface area contributed by atoms with E-state index in [0.717, 1.165) is 23.3 Å². The second-order valence-corrected chi connectivity index (χ2v) is 5.85. The molecule has 0 aliphatic heterocycles. The minimum Gasteiger partial charge on any atom is -0.359 e. The van der Waals surface area contributed by atoms with Crippen molar-refractivity contribution in [1.82, 2.24) is 4.98 Å². The molecule has 2 nitrogen and oxygen atoms in total. The number of pyridine rings is 1. The van der Waals surface area contributed by atoms with Gasteiger partial charge >= 0.3 is 0 Å². The summed E-state index contributed by atoms with van der Waals surface area (Å²) in [5.41, 5.74) is 4.11. The van der Waals surface area contributed by atoms with Crippen molar-refractivity contribution >= 4 is 21.7 Å². The van der Waals surface area contributed by atoms with Gasteiger partial charge in [0.25, 0.3) is 0 Å². The van der Waals surface area contributed by atoms with Crippen molar-refractivity contribution in [2.45, 2.75) is 20.3 Å². The summed E-state index contributed by atoms with van der Waals surface area (Å²) in [6, 6.07) is 10.7. The second kappa shape index (κ2) is 6.20. The van der Waals surface area contributed by atoms with Crippen LogP contribution in [0.25, 0.3) is 0 Å². The van der Waals surface area contributed by atoms with Gasteiger partial charge in [-0.05, 0) is 59.5 Å². The van der Waals surface area contributed by atoms with E-state index in [0.29, 0.717) is 0 Å². The Morgan fingerprint density at radius 3 is 2.58 bits per heavy atom. The van der Waals surface area contributed by atoms with Crippen LogP contribution in [0, 0.1) is 13.8 Å². The number of rotatable bonds is 4. The van der Waals surface area contributed by atoms with Gasteiger partial charge in [0.05, 0.1) is 0 Å². The number of likely N-dealkylation sites (N-methyl/N-ethyl adjacent to an activating group) is 1. The maximum atomic E-state index is 4.41. The number of aromatic nitrogens is 1. The summed E-state index contributed by atoms with van der Waals surface area (Å²) < 4.78 is 1.01. The molecule has 0 saturated carbocycles. The van der Waals surface area contributed by atoms with Crippen LogP contribution in [0.2, 0.25) is 0 Å². The molecule has 0 amide bonds. The second-order valence-electron chi connectivity index (χ2n) is 4.94. The minimum atomic E-state index is 0.971. The lowest BCUT2D eigenvalue weighted by molar-refractivity contribution is 0.854. The van der Waals surface area contributed by atoms with Gasteiger partial charge in [0.2, 0.25) is 0 Å². The summed E-state index contributed by atoms with van der Waals surface area (Å²) in [5, 5.41) is 0. The van der Waals surface area contributed by atoms with Gasteiger partial charge in [-0.1, -0.05) is 23.8 Å². The van der Waals surface area contributed by atoms with Gasteiger partial charge in [-0.25, -0.2) is 4.98 Å². The van der Waals surface area contributed by atoms with Gasteiger partial charge < -0.3 is 4.90 Å². The number of hydrogen-bond donors (Lipinski definition) is 0. The molecule has 0 aliphatic rings. The van der Waals surface area contributed by atoms with Crippen molar-refractivity contribution in [1.29, 1.82) is 0 Å². The lowest BCUT2D eigenvalue weighted by atomic mass is 10.0. The zero-order valence-electron chi connectivity index (χ0n) is 11.7. The third kappa shape index (κ3) is 3.80. The Labute approximate surface area is 123 Å². The van der Waals surface area contributed by atoms with Crippen molar-refractivity contribution in [3.63, 3.8) is 0 Å². The summed E-state index contributed by atoms with van der Waals surface area (Å²) in [6.45, 7) is 5.29. The van der Waals surface area contributed by atoms with Gasteiger partial charge in [-0.15, -0.1) is 0 Å². The minimum absolute atomic E-state index is 0.971. The molecule has 0 bridgehead atoms. The van der Waals surface area contributed by atoms with Crippen molar-refractivity contribution < 1.29 is 0 Å². The molecule has 2 aromatic rings. The molecule has 1 aromatic heterocycles. The maximum Gasteiger partial charge on any atom is 0.128 e. The zero-order chi connectivity index (χ0) is 13.8. The van der Waals surface area contributed by atoms with Crippen LogP contribution in [0.5, 0.6) is 0 Å². The molecule has 0 radical (unpaired) electrons. The van der Waals surface area contributed by atoms with Gasteiger partial charge in [0.1, 0.15) is 5.82 Å². The van der Waals surface area contributed by atoms with Gasteiger partial charge in [0.15, 0.2) is 0 Å². The Morgan fingerprint density at radius 2 is 1.95 bits per heavy atom. The number of halogens is 1. The lowest BCUT2D eigenvalue weighted by Crippen LogP contribution is -2.21. The van der Waals surface area contributed by atoms with Crippen molar-refractivity contribution in [2.24, 2.45) is 0 Å². The van der Waals surface area contributed by atoms with E-state index in [1.807, 2.05) is 18.3 Å². The molecule has 0 spiro atoms. The number of nitrogens with zero attached hydrogens (tertiary/aromatic N) is 2. The predicted octanol–water partition coefficient (Wildman–Crippen LogP) is 4.14. The largest absolute Gasteiger partial charge is 0.359 e. The molecule has 3 heteroatoms. The smallest absolute Gasteiger partial charge is 0.128 e. The number of hydrogen-bond acceptors (Lipinski definition) is 2. The highest BCUT2D eigenvalue weighted by Crippen LogP contribution is 2.15. The van der Waals surface area contributed by atoms with Crippen molar-refractivity contribution in [3.8, 4) is 0 Å². The van der Waals surface area contributed by atoms with Crippen LogP contribution in [0.3, 0.4) is 0 Å². The van der Waals surface area contributed by atoms with E-state index in [2.05, 4.69) is 64.9 Å². The highest BCUT2D eigenvalue weighted by Gasteiger charge is 2.04. The maximum absolute atomic E-state index is 4.41. The molecule has 0 saturated heterocycles. The first kappa shape index (κ1) is 14.1. The van der Waals surface area contributed by atoms with Crippen LogP contribution >= 0.6 is 15.9 Å². The van der Waals surface area contributed by atoms with Crippen LogP contribution in [-0.4, -0.2) is 18.6 Å². The first-order chi connectivity index (χ1) is 9.06. The highest BCUT2D eigenvalue weighted by molar-refractivity contribution is 9.10. The Morgan fingerprint density at radius 1 is 1.16 bits per heavy atom. The molecule has 0 aliphatic carbocycles. The topological polar surface area (TPSA) is 16.1 Å². The fraction of sp³-hybridized carbons (Fsp3) is 0.312. The Kier molecular flexibility index (Phi) is 4.59. The third-order valence-corrected chi connectivity index (χ3v) is 3.79. The molecule has 1 heterocycles. The fourth-order valence-electron chi connectivity index (χ4n) is 2.12. The van der Waals surface area contributed by atoms with Crippen molar-refractivity contribution in [2.75, 3.05) is 18.5 Å². The Balaban J connectivity index is 2.00. The van der Waals surface area contributed by atoms with Gasteiger partial charge in [-0.2, -0.15) is 0 Å². The van der Waals surface area contributed by atoms with E-state index in [-0.39, 0.29) is 0 Å². The van der Waals surface area contributed by atoms with Crippen LogP contribution in [0.15, 0.2) is 41.0 Å². The molecule has 19 heavy (non-hydrogen) atoms. The molecule has 0 unspecified atom stereocenters. The average Bonchev–Trinajstić information content (AvgIpc) is 2.38. The monoisotopic (exact) mass is 318 g/mol. The van der Waals surface area contributed by atoms with E-state index in [4.69, 9.17) is 0 Å². The predicted molar refractivity (Wildman–Crippen MR) is 84.8 cm³/mol. The first-order valence-electron chi connectivity index (χ1n) is 6.45. The fourth-order valence-corrected chi connectivity index (χ4v) is 2.36. The van der Waals surface area contributed by atoms with Crippen LogP contribution in [0.1, 0.15) is 16.7 Å². The highest BCUT2D eigenvalue weighted by atomic mass is 79.9. The Hall–Kier alpha value is -1.35. The van der Waals surface area contributed by atoms with E-state index >= 15 is 0 Å². The number of benzene rings is 1. The average molecular weight is 319 g/mol. The van der Waals surface area contributed by atoms with E-state index in [1.54, 1.807) is 0 Å². The SMILES string of the molecule is Cc1ccc(CCN(C)c2ccc(Br)cn2)c(C)c1. The molecule has 1 aromatic carbocycles. The van der Waals surface area contributed by atoms with Crippen LogP contribution in [0.4, 0.5) is 5.82 Å². The molecular formula is C16H19BrN2. The summed E-state index contributed by atoms with van der Waals surface area (Å²) >= 11 is 3.41. The lowest BCUT2D eigenvalue weighted by Gasteiger charge is -2.18. The number of aryl methyl sites for hydroxylation is 2. The normalized spacial score (nSPS) is 10.5. The van der Waals surface area contributed by atoms with E-state index in [9.17, 15) is 0 Å². The molecule has 0 fully saturated rings. The van der Waals surface area contributed by atoms with E-state index < -0.39 is 0 Å². The molecule has 0 N–H and O–H groups in total. The molecule has 100 valence electrons. The molecule has 0 atom stereocenters. The summed E-state index contributed by atoms with van der Waals surface area (Å²) in [7, 11) is 2.08. The van der Waals surface area contributed by atoms with Crippen molar-refractivity contribution in [3.05, 3.63) is 57.7 Å². The first-order valence-corrected chi connectivity index (χ1v) is 7.24. The summed E-state index contributed by atoms with van der Waals surface area (Å²) in [6.07, 6.45) is 2.88. The molecular weight excluding hydrogens is 300 g/mol. The van der Waals surface area contributed by atoms with Crippen LogP contribution < -0.4 is 4.90 Å².